The number of hydrogen-bond acceptors (Lipinski definition) is 6. The van der Waals surface area contributed by atoms with E-state index in [4.69, 9.17) is 5.11 Å². The lowest BCUT2D eigenvalue weighted by molar-refractivity contribution is -0.135. The van der Waals surface area contributed by atoms with Crippen molar-refractivity contribution in [2.45, 2.75) is 25.7 Å². The smallest absolute Gasteiger partial charge is 0.322 e. The summed E-state index contributed by atoms with van der Waals surface area (Å²) >= 11 is 0. The molecule has 1 aliphatic rings. The predicted molar refractivity (Wildman–Crippen MR) is 94.2 cm³/mol. The van der Waals surface area contributed by atoms with Crippen molar-refractivity contribution in [2.75, 3.05) is 22.5 Å². The Morgan fingerprint density at radius 3 is 2.44 bits per heavy atom. The third-order valence-electron chi connectivity index (χ3n) is 3.62. The summed E-state index contributed by atoms with van der Waals surface area (Å²) in [7, 11) is 0. The van der Waals surface area contributed by atoms with Crippen molar-refractivity contribution < 1.29 is 14.7 Å². The average Bonchev–Trinajstić information content (AvgIpc) is 3.39. The zero-order valence-corrected chi connectivity index (χ0v) is 13.7. The van der Waals surface area contributed by atoms with Gasteiger partial charge in [0.2, 0.25) is 11.9 Å². The predicted octanol–water partition coefficient (Wildman–Crippen LogP) is 2.55. The van der Waals surface area contributed by atoms with Crippen LogP contribution >= 0.6 is 0 Å². The molecule has 0 radical (unpaired) electrons. The monoisotopic (exact) mass is 341 g/mol. The zero-order valence-electron chi connectivity index (χ0n) is 13.7. The lowest BCUT2D eigenvalue weighted by Gasteiger charge is -2.11. The first-order valence-corrected chi connectivity index (χ1v) is 7.99. The lowest BCUT2D eigenvalue weighted by atomic mass is 10.2. The van der Waals surface area contributed by atoms with Gasteiger partial charge in [0.15, 0.2) is 0 Å². The second-order valence-corrected chi connectivity index (χ2v) is 5.91. The van der Waals surface area contributed by atoms with Crippen molar-refractivity contribution in [3.63, 3.8) is 0 Å². The lowest BCUT2D eigenvalue weighted by Crippen LogP contribution is -2.15. The van der Waals surface area contributed by atoms with Crippen LogP contribution in [0.25, 0.3) is 0 Å². The summed E-state index contributed by atoms with van der Waals surface area (Å²) < 4.78 is 0. The van der Waals surface area contributed by atoms with Crippen LogP contribution in [0.15, 0.2) is 30.3 Å². The van der Waals surface area contributed by atoms with Crippen molar-refractivity contribution in [1.82, 2.24) is 9.97 Å². The highest BCUT2D eigenvalue weighted by molar-refractivity contribution is 5.88. The Morgan fingerprint density at radius 2 is 1.84 bits per heavy atom. The van der Waals surface area contributed by atoms with Gasteiger partial charge in [-0.2, -0.15) is 4.98 Å². The Labute approximate surface area is 144 Å². The second kappa shape index (κ2) is 7.16. The van der Waals surface area contributed by atoms with E-state index in [1.807, 2.05) is 18.2 Å². The molecular weight excluding hydrogens is 322 g/mol. The molecule has 1 saturated carbocycles. The molecule has 0 bridgehead atoms. The number of nitrogens with zero attached hydrogens (tertiary/aromatic N) is 2. The quantitative estimate of drug-likeness (QED) is 0.611. The van der Waals surface area contributed by atoms with Gasteiger partial charge in [0, 0.05) is 30.3 Å². The fourth-order valence-corrected chi connectivity index (χ4v) is 2.34. The molecule has 1 aliphatic carbocycles. The Morgan fingerprint density at radius 1 is 1.16 bits per heavy atom. The van der Waals surface area contributed by atoms with Crippen molar-refractivity contribution in [3.8, 4) is 0 Å². The van der Waals surface area contributed by atoms with E-state index in [0.717, 1.165) is 24.2 Å². The van der Waals surface area contributed by atoms with Gasteiger partial charge in [0.1, 0.15) is 12.4 Å². The molecule has 130 valence electrons. The van der Waals surface area contributed by atoms with Gasteiger partial charge < -0.3 is 21.1 Å². The summed E-state index contributed by atoms with van der Waals surface area (Å²) in [5.41, 5.74) is 2.42. The van der Waals surface area contributed by atoms with E-state index in [1.165, 1.54) is 6.92 Å². The van der Waals surface area contributed by atoms with Crippen LogP contribution in [0.3, 0.4) is 0 Å². The van der Waals surface area contributed by atoms with E-state index >= 15 is 0 Å². The van der Waals surface area contributed by atoms with Gasteiger partial charge in [-0.25, -0.2) is 4.98 Å². The molecule has 1 heterocycles. The molecule has 25 heavy (non-hydrogen) atoms. The van der Waals surface area contributed by atoms with E-state index in [0.29, 0.717) is 23.4 Å². The Kier molecular flexibility index (Phi) is 4.78. The van der Waals surface area contributed by atoms with Crippen LogP contribution in [0.4, 0.5) is 23.1 Å². The molecule has 8 heteroatoms. The van der Waals surface area contributed by atoms with E-state index in [2.05, 4.69) is 25.9 Å². The van der Waals surface area contributed by atoms with Gasteiger partial charge in [-0.3, -0.25) is 9.59 Å². The number of carbonyl (C=O) groups is 2. The third kappa shape index (κ3) is 4.90. The molecule has 1 fully saturated rings. The number of carboxylic acids is 1. The highest BCUT2D eigenvalue weighted by Gasteiger charge is 2.26. The third-order valence-corrected chi connectivity index (χ3v) is 3.62. The first-order chi connectivity index (χ1) is 12.0. The van der Waals surface area contributed by atoms with E-state index in [9.17, 15) is 9.59 Å². The van der Waals surface area contributed by atoms with Gasteiger partial charge in [0.05, 0.1) is 5.69 Å². The molecule has 4 N–H and O–H groups in total. The number of nitrogens with one attached hydrogen (secondary N) is 3. The standard InChI is InChI=1S/C17H19N5O3/c1-10(23)19-12-4-6-13(7-5-12)20-15-8-14(11-2-3-11)21-17(22-15)18-9-16(24)25/h4-8,11H,2-3,9H2,1H3,(H,19,23)(H,24,25)(H2,18,20,21,22). The molecule has 0 spiro atoms. The number of aromatic nitrogens is 2. The van der Waals surface area contributed by atoms with Crippen molar-refractivity contribution >= 4 is 35.0 Å². The zero-order chi connectivity index (χ0) is 17.8. The van der Waals surface area contributed by atoms with Crippen LogP contribution in [0.5, 0.6) is 0 Å². The largest absolute Gasteiger partial charge is 0.480 e. The number of benzene rings is 1. The Balaban J connectivity index is 1.76. The molecule has 0 aliphatic heterocycles. The molecule has 0 saturated heterocycles. The molecule has 0 atom stereocenters. The minimum absolute atomic E-state index is 0.125. The topological polar surface area (TPSA) is 116 Å². The SMILES string of the molecule is CC(=O)Nc1ccc(Nc2cc(C3CC3)nc(NCC(=O)O)n2)cc1. The fourth-order valence-electron chi connectivity index (χ4n) is 2.34. The summed E-state index contributed by atoms with van der Waals surface area (Å²) in [6.45, 7) is 1.22. The average molecular weight is 341 g/mol. The molecule has 1 aromatic heterocycles. The van der Waals surface area contributed by atoms with Crippen LogP contribution in [-0.4, -0.2) is 33.5 Å². The van der Waals surface area contributed by atoms with Gasteiger partial charge in [-0.1, -0.05) is 0 Å². The van der Waals surface area contributed by atoms with Gasteiger partial charge in [-0.05, 0) is 37.1 Å². The number of carbonyl (C=O) groups excluding carboxylic acids is 1. The number of rotatable bonds is 7. The first kappa shape index (κ1) is 16.7. The number of amides is 1. The summed E-state index contributed by atoms with van der Waals surface area (Å²) in [5, 5.41) is 17.4. The maximum atomic E-state index is 11.1. The van der Waals surface area contributed by atoms with Crippen LogP contribution < -0.4 is 16.0 Å². The van der Waals surface area contributed by atoms with Crippen LogP contribution in [0, 0.1) is 0 Å². The first-order valence-electron chi connectivity index (χ1n) is 7.99. The van der Waals surface area contributed by atoms with Crippen molar-refractivity contribution in [2.24, 2.45) is 0 Å². The maximum Gasteiger partial charge on any atom is 0.322 e. The Bertz CT molecular complexity index is 787. The maximum absolute atomic E-state index is 11.1. The molecule has 1 amide bonds. The van der Waals surface area contributed by atoms with E-state index < -0.39 is 5.97 Å². The molecule has 3 rings (SSSR count). The number of carboxylic acid groups (broad SMARTS) is 1. The molecule has 1 aromatic carbocycles. The summed E-state index contributed by atoms with van der Waals surface area (Å²) in [6.07, 6.45) is 2.17. The molecular formula is C17H19N5O3. The van der Waals surface area contributed by atoms with Gasteiger partial charge >= 0.3 is 5.97 Å². The van der Waals surface area contributed by atoms with E-state index in [-0.39, 0.29) is 12.5 Å². The summed E-state index contributed by atoms with van der Waals surface area (Å²) in [5.74, 6) is 0.209. The normalized spacial score (nSPS) is 13.2. The molecule has 8 nitrogen and oxygen atoms in total. The minimum Gasteiger partial charge on any atom is -0.480 e. The van der Waals surface area contributed by atoms with Crippen molar-refractivity contribution in [1.29, 1.82) is 0 Å². The van der Waals surface area contributed by atoms with Gasteiger partial charge in [-0.15, -0.1) is 0 Å². The van der Waals surface area contributed by atoms with Crippen LogP contribution in [0.2, 0.25) is 0 Å². The van der Waals surface area contributed by atoms with E-state index in [1.54, 1.807) is 12.1 Å². The molecule has 0 unspecified atom stereocenters. The second-order valence-electron chi connectivity index (χ2n) is 5.91. The number of hydrogen-bond donors (Lipinski definition) is 4. The minimum atomic E-state index is -0.969. The number of anilines is 4. The summed E-state index contributed by atoms with van der Waals surface area (Å²) in [4.78, 5) is 30.5. The Hall–Kier alpha value is -3.16. The highest BCUT2D eigenvalue weighted by atomic mass is 16.4. The summed E-state index contributed by atoms with van der Waals surface area (Å²) in [6, 6.07) is 9.11. The van der Waals surface area contributed by atoms with Crippen molar-refractivity contribution in [3.05, 3.63) is 36.0 Å². The van der Waals surface area contributed by atoms with Gasteiger partial charge in [0.25, 0.3) is 0 Å². The highest BCUT2D eigenvalue weighted by Crippen LogP contribution is 2.40. The van der Waals surface area contributed by atoms with Crippen LogP contribution in [-0.2, 0) is 9.59 Å². The molecule has 2 aromatic rings. The fraction of sp³-hybridized carbons (Fsp3) is 0.294. The number of aliphatic carboxylic acids is 1. The van der Waals surface area contributed by atoms with Crippen LogP contribution in [0.1, 0.15) is 31.4 Å².